The molecular formula is C21H27FN2O2. The summed E-state index contributed by atoms with van der Waals surface area (Å²) in [6.07, 6.45) is 0.914. The van der Waals surface area contributed by atoms with E-state index in [1.54, 1.807) is 23.1 Å². The Kier molecular flexibility index (Phi) is 7.60. The number of hydrogen-bond acceptors (Lipinski definition) is 3. The molecule has 1 amide bonds. The van der Waals surface area contributed by atoms with E-state index in [0.29, 0.717) is 19.6 Å². The van der Waals surface area contributed by atoms with E-state index in [4.69, 9.17) is 0 Å². The van der Waals surface area contributed by atoms with E-state index in [1.165, 1.54) is 12.1 Å². The molecule has 0 fully saturated rings. The van der Waals surface area contributed by atoms with Crippen LogP contribution in [0.4, 0.5) is 4.39 Å². The zero-order valence-corrected chi connectivity index (χ0v) is 15.5. The van der Waals surface area contributed by atoms with Gasteiger partial charge in [0, 0.05) is 25.2 Å². The van der Waals surface area contributed by atoms with Crippen molar-refractivity contribution in [1.82, 2.24) is 9.80 Å². The number of aromatic hydroxyl groups is 1. The maximum absolute atomic E-state index is 13.4. The average molecular weight is 358 g/mol. The van der Waals surface area contributed by atoms with Crippen molar-refractivity contribution in [3.63, 3.8) is 0 Å². The van der Waals surface area contributed by atoms with Crippen molar-refractivity contribution >= 4 is 5.91 Å². The summed E-state index contributed by atoms with van der Waals surface area (Å²) < 4.78 is 13.4. The van der Waals surface area contributed by atoms with Gasteiger partial charge in [-0.2, -0.15) is 0 Å². The Morgan fingerprint density at radius 3 is 2.50 bits per heavy atom. The number of phenolic OH excluding ortho intramolecular Hbond substituents is 1. The number of phenols is 1. The van der Waals surface area contributed by atoms with Gasteiger partial charge in [0.1, 0.15) is 11.6 Å². The van der Waals surface area contributed by atoms with Gasteiger partial charge in [-0.1, -0.05) is 37.3 Å². The number of halogens is 1. The van der Waals surface area contributed by atoms with Crippen LogP contribution < -0.4 is 0 Å². The lowest BCUT2D eigenvalue weighted by Gasteiger charge is -2.27. The van der Waals surface area contributed by atoms with Crippen LogP contribution in [0.25, 0.3) is 0 Å². The minimum Gasteiger partial charge on any atom is -0.508 e. The van der Waals surface area contributed by atoms with Crippen molar-refractivity contribution in [3.8, 4) is 5.75 Å². The standard InChI is InChI=1S/C21H27FN2O2/c1-3-12-23(15-18-9-5-6-11-20(18)25)16-21(26)24(4-2)14-17-8-7-10-19(22)13-17/h5-11,13,25H,3-4,12,14-16H2,1-2H3. The van der Waals surface area contributed by atoms with Gasteiger partial charge in [0.25, 0.3) is 0 Å². The lowest BCUT2D eigenvalue weighted by molar-refractivity contribution is -0.133. The van der Waals surface area contributed by atoms with Gasteiger partial charge in [0.05, 0.1) is 6.54 Å². The third-order valence-corrected chi connectivity index (χ3v) is 4.28. The topological polar surface area (TPSA) is 43.8 Å². The van der Waals surface area contributed by atoms with E-state index in [9.17, 15) is 14.3 Å². The molecule has 2 rings (SSSR count). The number of amides is 1. The van der Waals surface area contributed by atoms with Gasteiger partial charge in [0.15, 0.2) is 0 Å². The normalized spacial score (nSPS) is 10.9. The molecule has 1 N–H and O–H groups in total. The number of nitrogens with zero attached hydrogens (tertiary/aromatic N) is 2. The molecule has 0 bridgehead atoms. The molecule has 0 unspecified atom stereocenters. The summed E-state index contributed by atoms with van der Waals surface area (Å²) in [6.45, 7) is 6.49. The first kappa shape index (κ1) is 19.9. The molecule has 0 atom stereocenters. The molecule has 0 aliphatic heterocycles. The van der Waals surface area contributed by atoms with Crippen LogP contribution in [0.2, 0.25) is 0 Å². The first-order valence-corrected chi connectivity index (χ1v) is 9.05. The molecule has 2 aromatic rings. The van der Waals surface area contributed by atoms with Crippen LogP contribution in [0.15, 0.2) is 48.5 Å². The summed E-state index contributed by atoms with van der Waals surface area (Å²) in [5, 5.41) is 9.98. The van der Waals surface area contributed by atoms with Crippen LogP contribution in [0.1, 0.15) is 31.4 Å². The van der Waals surface area contributed by atoms with Gasteiger partial charge in [-0.3, -0.25) is 9.69 Å². The smallest absolute Gasteiger partial charge is 0.237 e. The second-order valence-corrected chi connectivity index (χ2v) is 6.38. The SMILES string of the molecule is CCCN(CC(=O)N(CC)Cc1cccc(F)c1)Cc1ccccc1O. The highest BCUT2D eigenvalue weighted by Gasteiger charge is 2.17. The number of carbonyl (C=O) groups excluding carboxylic acids is 1. The Morgan fingerprint density at radius 2 is 1.85 bits per heavy atom. The van der Waals surface area contributed by atoms with E-state index >= 15 is 0 Å². The molecular weight excluding hydrogens is 331 g/mol. The lowest BCUT2D eigenvalue weighted by atomic mass is 10.1. The summed E-state index contributed by atoms with van der Waals surface area (Å²) in [7, 11) is 0. The molecule has 0 aliphatic rings. The summed E-state index contributed by atoms with van der Waals surface area (Å²) in [5.74, 6) is -0.0491. The monoisotopic (exact) mass is 358 g/mol. The molecule has 0 aliphatic carbocycles. The van der Waals surface area contributed by atoms with Gasteiger partial charge < -0.3 is 10.0 Å². The second kappa shape index (κ2) is 9.92. The molecule has 0 saturated heterocycles. The predicted molar refractivity (Wildman–Crippen MR) is 101 cm³/mol. The maximum Gasteiger partial charge on any atom is 0.237 e. The molecule has 0 spiro atoms. The Hall–Kier alpha value is -2.40. The molecule has 0 aromatic heterocycles. The van der Waals surface area contributed by atoms with Crippen molar-refractivity contribution in [2.24, 2.45) is 0 Å². The van der Waals surface area contributed by atoms with Crippen molar-refractivity contribution in [2.45, 2.75) is 33.4 Å². The van der Waals surface area contributed by atoms with E-state index < -0.39 is 0 Å². The fourth-order valence-electron chi connectivity index (χ4n) is 2.94. The fraction of sp³-hybridized carbons (Fsp3) is 0.381. The zero-order chi connectivity index (χ0) is 18.9. The fourth-order valence-corrected chi connectivity index (χ4v) is 2.94. The Labute approximate surface area is 154 Å². The second-order valence-electron chi connectivity index (χ2n) is 6.38. The van der Waals surface area contributed by atoms with Gasteiger partial charge in [-0.25, -0.2) is 4.39 Å². The van der Waals surface area contributed by atoms with E-state index in [-0.39, 0.29) is 24.0 Å². The quantitative estimate of drug-likeness (QED) is 0.742. The number of carbonyl (C=O) groups is 1. The van der Waals surface area contributed by atoms with Crippen LogP contribution in [-0.2, 0) is 17.9 Å². The van der Waals surface area contributed by atoms with Crippen LogP contribution in [0.3, 0.4) is 0 Å². The maximum atomic E-state index is 13.4. The molecule has 5 heteroatoms. The van der Waals surface area contributed by atoms with Gasteiger partial charge >= 0.3 is 0 Å². The van der Waals surface area contributed by atoms with Crippen molar-refractivity contribution in [3.05, 3.63) is 65.5 Å². The van der Waals surface area contributed by atoms with Crippen LogP contribution >= 0.6 is 0 Å². The highest BCUT2D eigenvalue weighted by atomic mass is 19.1. The Bertz CT molecular complexity index is 721. The van der Waals surface area contributed by atoms with E-state index in [1.807, 2.05) is 30.0 Å². The van der Waals surface area contributed by atoms with Crippen molar-refractivity contribution < 1.29 is 14.3 Å². The van der Waals surface area contributed by atoms with Crippen molar-refractivity contribution in [2.75, 3.05) is 19.6 Å². The third kappa shape index (κ3) is 5.85. The highest BCUT2D eigenvalue weighted by molar-refractivity contribution is 5.78. The van der Waals surface area contributed by atoms with Gasteiger partial charge in [-0.15, -0.1) is 0 Å². The summed E-state index contributed by atoms with van der Waals surface area (Å²) >= 11 is 0. The molecule has 2 aromatic carbocycles. The minimum atomic E-state index is -0.293. The summed E-state index contributed by atoms with van der Waals surface area (Å²) in [6, 6.07) is 13.5. The van der Waals surface area contributed by atoms with E-state index in [0.717, 1.165) is 24.1 Å². The van der Waals surface area contributed by atoms with Gasteiger partial charge in [-0.05, 0) is 43.7 Å². The zero-order valence-electron chi connectivity index (χ0n) is 15.5. The predicted octanol–water partition coefficient (Wildman–Crippen LogP) is 3.79. The largest absolute Gasteiger partial charge is 0.508 e. The van der Waals surface area contributed by atoms with Gasteiger partial charge in [0.2, 0.25) is 5.91 Å². The van der Waals surface area contributed by atoms with Crippen molar-refractivity contribution in [1.29, 1.82) is 0 Å². The number of likely N-dealkylation sites (N-methyl/N-ethyl adjacent to an activating group) is 1. The molecule has 26 heavy (non-hydrogen) atoms. The first-order chi connectivity index (χ1) is 12.5. The average Bonchev–Trinajstić information content (AvgIpc) is 2.61. The van der Waals surface area contributed by atoms with E-state index in [2.05, 4.69) is 6.92 Å². The molecule has 4 nitrogen and oxygen atoms in total. The lowest BCUT2D eigenvalue weighted by Crippen LogP contribution is -2.40. The molecule has 0 heterocycles. The number of benzene rings is 2. The molecule has 0 saturated carbocycles. The number of para-hydroxylation sites is 1. The van der Waals surface area contributed by atoms with Crippen LogP contribution in [-0.4, -0.2) is 40.4 Å². The number of hydrogen-bond donors (Lipinski definition) is 1. The summed E-state index contributed by atoms with van der Waals surface area (Å²) in [5.41, 5.74) is 1.59. The Balaban J connectivity index is 2.03. The summed E-state index contributed by atoms with van der Waals surface area (Å²) in [4.78, 5) is 16.5. The third-order valence-electron chi connectivity index (χ3n) is 4.28. The van der Waals surface area contributed by atoms with Crippen LogP contribution in [0.5, 0.6) is 5.75 Å². The first-order valence-electron chi connectivity index (χ1n) is 9.05. The van der Waals surface area contributed by atoms with Crippen LogP contribution in [0, 0.1) is 5.82 Å². The minimum absolute atomic E-state index is 0.000585. The molecule has 0 radical (unpaired) electrons. The highest BCUT2D eigenvalue weighted by Crippen LogP contribution is 2.18. The Morgan fingerprint density at radius 1 is 1.08 bits per heavy atom. The molecule has 140 valence electrons. The number of rotatable bonds is 9.